The summed E-state index contributed by atoms with van der Waals surface area (Å²) < 4.78 is 0. The maximum absolute atomic E-state index is 11.5. The van der Waals surface area contributed by atoms with Crippen molar-refractivity contribution in [3.8, 4) is 0 Å². The van der Waals surface area contributed by atoms with Crippen LogP contribution in [0.1, 0.15) is 48.0 Å². The van der Waals surface area contributed by atoms with E-state index in [2.05, 4.69) is 51.4 Å². The summed E-state index contributed by atoms with van der Waals surface area (Å²) in [6.45, 7) is 14.1. The molecule has 0 radical (unpaired) electrons. The van der Waals surface area contributed by atoms with Gasteiger partial charge < -0.3 is 4.90 Å². The lowest BCUT2D eigenvalue weighted by molar-refractivity contribution is -0.117. The summed E-state index contributed by atoms with van der Waals surface area (Å²) in [4.78, 5) is 18.3. The van der Waals surface area contributed by atoms with Gasteiger partial charge in [-0.25, -0.2) is 0 Å². The first-order valence-corrected chi connectivity index (χ1v) is 5.96. The van der Waals surface area contributed by atoms with Crippen LogP contribution in [0.2, 0.25) is 0 Å². The Morgan fingerprint density at radius 2 is 1.69 bits per heavy atom. The van der Waals surface area contributed by atoms with Gasteiger partial charge in [0.15, 0.2) is 5.78 Å². The Bertz CT molecular complexity index is 305. The Balaban J connectivity index is 3.08. The summed E-state index contributed by atoms with van der Waals surface area (Å²) in [5.41, 5.74) is 0.0225. The number of rotatable bonds is 0. The van der Waals surface area contributed by atoms with Crippen molar-refractivity contribution >= 4 is 11.6 Å². The predicted molar refractivity (Wildman–Crippen MR) is 67.8 cm³/mol. The highest BCUT2D eigenvalue weighted by molar-refractivity contribution is 5.92. The molecule has 0 aromatic heterocycles. The van der Waals surface area contributed by atoms with Crippen molar-refractivity contribution in [1.29, 1.82) is 0 Å². The van der Waals surface area contributed by atoms with Crippen molar-refractivity contribution < 1.29 is 4.79 Å². The molecule has 92 valence electrons. The Labute approximate surface area is 98.9 Å². The number of nitrogens with zero attached hydrogens (tertiary/aromatic N) is 2. The van der Waals surface area contributed by atoms with Crippen molar-refractivity contribution in [3.63, 3.8) is 0 Å². The topological polar surface area (TPSA) is 32.7 Å². The molecule has 0 bridgehead atoms. The summed E-state index contributed by atoms with van der Waals surface area (Å²) in [5.74, 6) is 1.30. The fourth-order valence-electron chi connectivity index (χ4n) is 1.97. The number of hydrogen-bond acceptors (Lipinski definition) is 3. The van der Waals surface area contributed by atoms with Crippen LogP contribution in [0.25, 0.3) is 0 Å². The molecule has 0 fully saturated rings. The molecule has 0 saturated carbocycles. The van der Waals surface area contributed by atoms with Gasteiger partial charge in [-0.2, -0.15) is 0 Å². The van der Waals surface area contributed by atoms with Gasteiger partial charge in [0.2, 0.25) is 0 Å². The first-order chi connectivity index (χ1) is 7.12. The maximum Gasteiger partial charge on any atom is 0.156 e. The van der Waals surface area contributed by atoms with Crippen LogP contribution in [0, 0.1) is 5.41 Å². The maximum atomic E-state index is 11.5. The molecule has 1 rings (SSSR count). The van der Waals surface area contributed by atoms with Crippen LogP contribution >= 0.6 is 0 Å². The van der Waals surface area contributed by atoms with Crippen LogP contribution in [-0.4, -0.2) is 35.1 Å². The lowest BCUT2D eigenvalue weighted by Crippen LogP contribution is -2.50. The first-order valence-electron chi connectivity index (χ1n) is 5.96. The number of Topliss-reactive ketones (excluding diaryl/α,β-unsaturated/α-hetero) is 1. The van der Waals surface area contributed by atoms with Gasteiger partial charge >= 0.3 is 0 Å². The van der Waals surface area contributed by atoms with Crippen LogP contribution in [0.3, 0.4) is 0 Å². The van der Waals surface area contributed by atoms with E-state index in [1.807, 2.05) is 0 Å². The molecule has 3 heteroatoms. The smallest absolute Gasteiger partial charge is 0.156 e. The number of hydrogen-bond donors (Lipinski definition) is 0. The molecule has 0 saturated heterocycles. The average Bonchev–Trinajstić information content (AvgIpc) is 2.23. The van der Waals surface area contributed by atoms with E-state index in [0.717, 1.165) is 12.4 Å². The van der Waals surface area contributed by atoms with E-state index in [9.17, 15) is 4.79 Å². The van der Waals surface area contributed by atoms with Gasteiger partial charge in [-0.05, 0) is 20.8 Å². The average molecular weight is 224 g/mol. The predicted octanol–water partition coefficient (Wildman–Crippen LogP) is 2.50. The molecular weight excluding hydrogens is 200 g/mol. The molecule has 0 spiro atoms. The minimum absolute atomic E-state index is 0.00208. The Kier molecular flexibility index (Phi) is 3.46. The molecule has 16 heavy (non-hydrogen) atoms. The Hall–Kier alpha value is -0.860. The van der Waals surface area contributed by atoms with E-state index >= 15 is 0 Å². The molecule has 1 aliphatic heterocycles. The van der Waals surface area contributed by atoms with Crippen molar-refractivity contribution in [1.82, 2.24) is 4.90 Å². The SMILES string of the molecule is CC(C)(C)C1=NCC(=O)CCN1C(C)(C)C. The second-order valence-corrected chi connectivity index (χ2v) is 6.50. The number of amidine groups is 1. The molecule has 0 atom stereocenters. The number of ketones is 1. The molecule has 1 aliphatic rings. The van der Waals surface area contributed by atoms with E-state index in [1.54, 1.807) is 0 Å². The largest absolute Gasteiger partial charge is 0.355 e. The Morgan fingerprint density at radius 1 is 1.12 bits per heavy atom. The lowest BCUT2D eigenvalue weighted by Gasteiger charge is -2.42. The van der Waals surface area contributed by atoms with Crippen LogP contribution in [0.4, 0.5) is 0 Å². The first kappa shape index (κ1) is 13.2. The van der Waals surface area contributed by atoms with E-state index < -0.39 is 0 Å². The second kappa shape index (κ2) is 4.19. The zero-order chi connectivity index (χ0) is 12.6. The number of carbonyl (C=O) groups is 1. The van der Waals surface area contributed by atoms with E-state index in [-0.39, 0.29) is 16.7 Å². The van der Waals surface area contributed by atoms with Gasteiger partial charge in [-0.15, -0.1) is 0 Å². The third-order valence-corrected chi connectivity index (χ3v) is 2.76. The van der Waals surface area contributed by atoms with Gasteiger partial charge in [0.1, 0.15) is 5.84 Å². The Morgan fingerprint density at radius 3 is 2.12 bits per heavy atom. The fourth-order valence-corrected chi connectivity index (χ4v) is 1.97. The summed E-state index contributed by atoms with van der Waals surface area (Å²) >= 11 is 0. The molecule has 0 N–H and O–H groups in total. The molecule has 0 aromatic carbocycles. The van der Waals surface area contributed by atoms with Crippen molar-refractivity contribution in [2.75, 3.05) is 13.1 Å². The van der Waals surface area contributed by atoms with Crippen LogP contribution in [0.15, 0.2) is 4.99 Å². The van der Waals surface area contributed by atoms with E-state index in [0.29, 0.717) is 13.0 Å². The highest BCUT2D eigenvalue weighted by atomic mass is 16.1. The molecule has 1 heterocycles. The molecule has 3 nitrogen and oxygen atoms in total. The van der Waals surface area contributed by atoms with E-state index in [1.165, 1.54) is 0 Å². The van der Waals surface area contributed by atoms with Gasteiger partial charge in [0, 0.05) is 23.9 Å². The minimum atomic E-state index is -0.00208. The summed E-state index contributed by atoms with van der Waals surface area (Å²) in [7, 11) is 0. The third kappa shape index (κ3) is 3.06. The van der Waals surface area contributed by atoms with Gasteiger partial charge in [-0.1, -0.05) is 20.8 Å². The number of carbonyl (C=O) groups excluding carboxylic acids is 1. The van der Waals surface area contributed by atoms with Gasteiger partial charge in [0.05, 0.1) is 6.54 Å². The molecule has 0 unspecified atom stereocenters. The second-order valence-electron chi connectivity index (χ2n) is 6.50. The number of aliphatic imine (C=N–C) groups is 1. The van der Waals surface area contributed by atoms with Crippen molar-refractivity contribution in [2.45, 2.75) is 53.5 Å². The summed E-state index contributed by atoms with van der Waals surface area (Å²) in [6, 6.07) is 0. The third-order valence-electron chi connectivity index (χ3n) is 2.76. The standard InChI is InChI=1S/C13H24N2O/c1-12(2,3)11-14-9-10(16)7-8-15(11)13(4,5)6/h7-9H2,1-6H3. The quantitative estimate of drug-likeness (QED) is 0.633. The van der Waals surface area contributed by atoms with Crippen molar-refractivity contribution in [2.24, 2.45) is 10.4 Å². The van der Waals surface area contributed by atoms with Crippen molar-refractivity contribution in [3.05, 3.63) is 0 Å². The van der Waals surface area contributed by atoms with Gasteiger partial charge in [-0.3, -0.25) is 9.79 Å². The van der Waals surface area contributed by atoms with Crippen LogP contribution in [-0.2, 0) is 4.79 Å². The molecule has 0 aromatic rings. The van der Waals surface area contributed by atoms with Crippen LogP contribution in [0.5, 0.6) is 0 Å². The lowest BCUT2D eigenvalue weighted by atomic mass is 9.91. The molecular formula is C13H24N2O. The summed E-state index contributed by atoms with van der Waals surface area (Å²) in [5, 5.41) is 0. The molecule has 0 amide bonds. The highest BCUT2D eigenvalue weighted by Gasteiger charge is 2.33. The van der Waals surface area contributed by atoms with Crippen LogP contribution < -0.4 is 0 Å². The molecule has 0 aliphatic carbocycles. The monoisotopic (exact) mass is 224 g/mol. The fraction of sp³-hybridized carbons (Fsp3) is 0.846. The normalized spacial score (nSPS) is 19.5. The zero-order valence-corrected chi connectivity index (χ0v) is 11.4. The minimum Gasteiger partial charge on any atom is -0.355 e. The van der Waals surface area contributed by atoms with Gasteiger partial charge in [0.25, 0.3) is 0 Å². The highest BCUT2D eigenvalue weighted by Crippen LogP contribution is 2.26. The zero-order valence-electron chi connectivity index (χ0n) is 11.4. The summed E-state index contributed by atoms with van der Waals surface area (Å²) in [6.07, 6.45) is 0.611. The van der Waals surface area contributed by atoms with E-state index in [4.69, 9.17) is 0 Å².